The van der Waals surface area contributed by atoms with Crippen LogP contribution in [0, 0.1) is 0 Å². The number of likely N-dealkylation sites (tertiary alicyclic amines) is 2. The normalized spacial score (nSPS) is 19.1. The highest BCUT2D eigenvalue weighted by Gasteiger charge is 2.24. The highest BCUT2D eigenvalue weighted by molar-refractivity contribution is 5.22. The highest BCUT2D eigenvalue weighted by Crippen LogP contribution is 2.19. The first-order chi connectivity index (χ1) is 15.6. The van der Waals surface area contributed by atoms with Gasteiger partial charge in [0.15, 0.2) is 0 Å². The Labute approximate surface area is 233 Å². The van der Waals surface area contributed by atoms with E-state index in [1.165, 1.54) is 151 Å². The minimum atomic E-state index is 0. The van der Waals surface area contributed by atoms with E-state index in [2.05, 4.69) is 38.4 Å². The van der Waals surface area contributed by atoms with Gasteiger partial charge in [-0.25, -0.2) is 0 Å². The minimum absolute atomic E-state index is 0. The van der Waals surface area contributed by atoms with E-state index in [1.807, 2.05) is 0 Å². The summed E-state index contributed by atoms with van der Waals surface area (Å²) in [5.41, 5.74) is 3.09. The smallest absolute Gasteiger partial charge is 0.0784 e. The SMILES string of the molecule is C[N+]1(CCCCCCc2ccc(CCCCCC[N+]3(C)CCCCC3)cc2)CCCCC1.[Br-].[Br-]. The van der Waals surface area contributed by atoms with Gasteiger partial charge < -0.3 is 42.9 Å². The molecule has 2 aliphatic heterocycles. The maximum Gasteiger partial charge on any atom is 0.0784 e. The molecule has 1 aromatic carbocycles. The summed E-state index contributed by atoms with van der Waals surface area (Å²) in [5, 5.41) is 0. The van der Waals surface area contributed by atoms with Crippen LogP contribution in [0.5, 0.6) is 0 Å². The van der Waals surface area contributed by atoms with Crippen molar-refractivity contribution in [2.75, 3.05) is 53.4 Å². The number of hydrogen-bond donors (Lipinski definition) is 0. The second-order valence-corrected chi connectivity index (χ2v) is 11.8. The van der Waals surface area contributed by atoms with Crippen LogP contribution in [0.1, 0.15) is 101 Å². The molecule has 0 atom stereocenters. The predicted octanol–water partition coefficient (Wildman–Crippen LogP) is 1.16. The summed E-state index contributed by atoms with van der Waals surface area (Å²) >= 11 is 0. The second kappa shape index (κ2) is 17.5. The molecule has 2 fully saturated rings. The Kier molecular flexibility index (Phi) is 16.6. The molecule has 2 nitrogen and oxygen atoms in total. The van der Waals surface area contributed by atoms with Crippen LogP contribution in [-0.4, -0.2) is 62.3 Å². The maximum absolute atomic E-state index is 2.48. The lowest BCUT2D eigenvalue weighted by Gasteiger charge is -2.37. The molecule has 0 radical (unpaired) electrons. The predicted molar refractivity (Wildman–Crippen MR) is 140 cm³/mol. The van der Waals surface area contributed by atoms with Crippen LogP contribution in [0.2, 0.25) is 0 Å². The number of piperidine rings is 2. The third-order valence-electron chi connectivity index (χ3n) is 8.64. The number of quaternary nitrogens is 2. The Morgan fingerprint density at radius 2 is 0.794 bits per heavy atom. The lowest BCUT2D eigenvalue weighted by atomic mass is 10.0. The Morgan fingerprint density at radius 1 is 0.471 bits per heavy atom. The van der Waals surface area contributed by atoms with Crippen molar-refractivity contribution in [1.82, 2.24) is 0 Å². The molecule has 0 aromatic heterocycles. The van der Waals surface area contributed by atoms with Gasteiger partial charge in [-0.15, -0.1) is 0 Å². The second-order valence-electron chi connectivity index (χ2n) is 11.8. The fourth-order valence-electron chi connectivity index (χ4n) is 6.22. The molecule has 4 heteroatoms. The molecule has 2 heterocycles. The Morgan fingerprint density at radius 3 is 1.15 bits per heavy atom. The lowest BCUT2D eigenvalue weighted by molar-refractivity contribution is -0.914. The van der Waals surface area contributed by atoms with Crippen LogP contribution in [-0.2, 0) is 12.8 Å². The zero-order valence-electron chi connectivity index (χ0n) is 22.5. The highest BCUT2D eigenvalue weighted by atomic mass is 79.9. The fraction of sp³-hybridized carbons (Fsp3) is 0.800. The van der Waals surface area contributed by atoms with Crippen molar-refractivity contribution in [3.8, 4) is 0 Å². The molecule has 0 aliphatic carbocycles. The Hall–Kier alpha value is 0.1000. The molecule has 0 amide bonds. The molecule has 2 saturated heterocycles. The van der Waals surface area contributed by atoms with Gasteiger partial charge in [0.1, 0.15) is 0 Å². The van der Waals surface area contributed by atoms with Gasteiger partial charge in [0.2, 0.25) is 0 Å². The first-order valence-electron chi connectivity index (χ1n) is 14.3. The number of unbranched alkanes of at least 4 members (excludes halogenated alkanes) is 6. The largest absolute Gasteiger partial charge is 1.00 e. The lowest BCUT2D eigenvalue weighted by Crippen LogP contribution is -3.00. The van der Waals surface area contributed by atoms with Crippen LogP contribution in [0.15, 0.2) is 24.3 Å². The monoisotopic (exact) mass is 600 g/mol. The summed E-state index contributed by atoms with van der Waals surface area (Å²) in [6.07, 6.45) is 22.5. The van der Waals surface area contributed by atoms with Crippen molar-refractivity contribution in [2.45, 2.75) is 103 Å². The summed E-state index contributed by atoms with van der Waals surface area (Å²) in [5.74, 6) is 0. The first-order valence-corrected chi connectivity index (χ1v) is 14.3. The van der Waals surface area contributed by atoms with E-state index >= 15 is 0 Å². The molecule has 3 rings (SSSR count). The van der Waals surface area contributed by atoms with Gasteiger partial charge >= 0.3 is 0 Å². The third kappa shape index (κ3) is 12.4. The van der Waals surface area contributed by atoms with Crippen molar-refractivity contribution in [2.24, 2.45) is 0 Å². The van der Waals surface area contributed by atoms with Gasteiger partial charge in [-0.2, -0.15) is 0 Å². The molecule has 198 valence electrons. The first kappa shape index (κ1) is 32.1. The van der Waals surface area contributed by atoms with Gasteiger partial charge in [-0.3, -0.25) is 0 Å². The van der Waals surface area contributed by atoms with Crippen molar-refractivity contribution < 1.29 is 42.9 Å². The summed E-state index contributed by atoms with van der Waals surface area (Å²) in [6, 6.07) is 9.60. The number of aryl methyl sites for hydroxylation is 2. The van der Waals surface area contributed by atoms with Crippen LogP contribution in [0.25, 0.3) is 0 Å². The van der Waals surface area contributed by atoms with Crippen molar-refractivity contribution in [3.63, 3.8) is 0 Å². The quantitative estimate of drug-likeness (QED) is 0.222. The van der Waals surface area contributed by atoms with Crippen LogP contribution in [0.4, 0.5) is 0 Å². The van der Waals surface area contributed by atoms with Crippen LogP contribution < -0.4 is 34.0 Å². The van der Waals surface area contributed by atoms with Crippen molar-refractivity contribution in [1.29, 1.82) is 0 Å². The molecule has 2 aliphatic rings. The van der Waals surface area contributed by atoms with E-state index < -0.39 is 0 Å². The summed E-state index contributed by atoms with van der Waals surface area (Å²) < 4.78 is 2.69. The van der Waals surface area contributed by atoms with Crippen LogP contribution >= 0.6 is 0 Å². The van der Waals surface area contributed by atoms with Gasteiger partial charge in [0.25, 0.3) is 0 Å². The molecule has 0 N–H and O–H groups in total. The fourth-order valence-corrected chi connectivity index (χ4v) is 6.22. The van der Waals surface area contributed by atoms with Gasteiger partial charge in [-0.05, 0) is 101 Å². The molecule has 0 bridgehead atoms. The van der Waals surface area contributed by atoms with Crippen molar-refractivity contribution >= 4 is 0 Å². The van der Waals surface area contributed by atoms with E-state index in [0.29, 0.717) is 0 Å². The number of hydrogen-bond acceptors (Lipinski definition) is 0. The topological polar surface area (TPSA) is 0 Å². The average molecular weight is 603 g/mol. The summed E-state index contributed by atoms with van der Waals surface area (Å²) in [4.78, 5) is 0. The van der Waals surface area contributed by atoms with E-state index in [0.717, 1.165) is 0 Å². The Bertz CT molecular complexity index is 564. The number of rotatable bonds is 14. The maximum atomic E-state index is 2.48. The minimum Gasteiger partial charge on any atom is -1.00 e. The molecule has 0 spiro atoms. The molecule has 34 heavy (non-hydrogen) atoms. The van der Waals surface area contributed by atoms with Gasteiger partial charge in [0.05, 0.1) is 53.4 Å². The van der Waals surface area contributed by atoms with Gasteiger partial charge in [-0.1, -0.05) is 37.1 Å². The molecule has 0 saturated carbocycles. The third-order valence-corrected chi connectivity index (χ3v) is 8.64. The zero-order valence-corrected chi connectivity index (χ0v) is 25.7. The molecular weight excluding hydrogens is 548 g/mol. The van der Waals surface area contributed by atoms with Gasteiger partial charge in [0, 0.05) is 0 Å². The summed E-state index contributed by atoms with van der Waals surface area (Å²) in [6.45, 7) is 8.51. The van der Waals surface area contributed by atoms with E-state index in [1.54, 1.807) is 11.1 Å². The summed E-state index contributed by atoms with van der Waals surface area (Å²) in [7, 11) is 4.97. The number of halogens is 2. The average Bonchev–Trinajstić information content (AvgIpc) is 2.80. The molecular formula is C30H54Br2N2. The van der Waals surface area contributed by atoms with Crippen LogP contribution in [0.3, 0.4) is 0 Å². The standard InChI is InChI=1S/C30H54N2.2BrH/c1-31(25-13-7-14-26-31)23-11-5-3-9-17-29-19-21-30(22-20-29)18-10-4-6-12-24-32(2)27-15-8-16-28-32;;/h19-22H,3-18,23-28H2,1-2H3;2*1H/q+2;;/p-2. The van der Waals surface area contributed by atoms with E-state index in [9.17, 15) is 0 Å². The molecule has 1 aromatic rings. The number of benzene rings is 1. The molecule has 0 unspecified atom stereocenters. The number of nitrogens with zero attached hydrogens (tertiary/aromatic N) is 2. The van der Waals surface area contributed by atoms with Crippen molar-refractivity contribution in [3.05, 3.63) is 35.4 Å². The van der Waals surface area contributed by atoms with E-state index in [4.69, 9.17) is 0 Å². The zero-order chi connectivity index (χ0) is 22.5. The van der Waals surface area contributed by atoms with E-state index in [-0.39, 0.29) is 34.0 Å². The Balaban J connectivity index is 0.00000289.